The van der Waals surface area contributed by atoms with Gasteiger partial charge in [0.25, 0.3) is 0 Å². The average molecular weight is 331 g/mol. The van der Waals surface area contributed by atoms with Gasteiger partial charge in [-0.2, -0.15) is 0 Å². The summed E-state index contributed by atoms with van der Waals surface area (Å²) in [5.41, 5.74) is 0. The van der Waals surface area contributed by atoms with Gasteiger partial charge in [-0.15, -0.1) is 0 Å². The van der Waals surface area contributed by atoms with Crippen LogP contribution in [-0.4, -0.2) is 53.3 Å². The molecule has 3 heterocycles. The van der Waals surface area contributed by atoms with E-state index in [9.17, 15) is 0 Å². The van der Waals surface area contributed by atoms with E-state index in [1.165, 1.54) is 0 Å². The first kappa shape index (κ1) is 16.3. The summed E-state index contributed by atoms with van der Waals surface area (Å²) < 4.78 is 2.42. The Bertz CT molecular complexity index is 654. The lowest BCUT2D eigenvalue weighted by molar-refractivity contribution is 0.359. The lowest BCUT2D eigenvalue weighted by Gasteiger charge is -2.30. The summed E-state index contributed by atoms with van der Waals surface area (Å²) >= 11 is 1.84. The quantitative estimate of drug-likeness (QED) is 0.849. The van der Waals surface area contributed by atoms with Crippen LogP contribution in [0.1, 0.15) is 19.8 Å². The number of anilines is 2. The highest BCUT2D eigenvalue weighted by Crippen LogP contribution is 2.26. The van der Waals surface area contributed by atoms with Crippen LogP contribution in [0.4, 0.5) is 11.6 Å². The zero-order chi connectivity index (χ0) is 16.2. The fraction of sp³-hybridized carbons (Fsp3) is 0.529. The minimum absolute atomic E-state index is 0.507. The lowest BCUT2D eigenvalue weighted by atomic mass is 10.1. The van der Waals surface area contributed by atoms with Gasteiger partial charge in [0.15, 0.2) is 0 Å². The Morgan fingerprint density at radius 1 is 1.35 bits per heavy atom. The minimum atomic E-state index is 0.507. The first-order chi connectivity index (χ1) is 11.2. The summed E-state index contributed by atoms with van der Waals surface area (Å²) in [6.07, 6.45) is 8.28. The maximum absolute atomic E-state index is 4.59. The SMILES string of the molecule is CCN(C)c1nccc2cnc(NC3CCN(SC)CC3)cc12. The summed E-state index contributed by atoms with van der Waals surface area (Å²) in [5, 5.41) is 5.91. The molecule has 0 aromatic carbocycles. The molecule has 2 aromatic rings. The van der Waals surface area contributed by atoms with Crippen LogP contribution in [0.3, 0.4) is 0 Å². The highest BCUT2D eigenvalue weighted by Gasteiger charge is 2.19. The molecule has 0 aliphatic carbocycles. The Labute approximate surface area is 142 Å². The molecule has 0 saturated carbocycles. The number of pyridine rings is 2. The third-order valence-corrected chi connectivity index (χ3v) is 5.41. The predicted octanol–water partition coefficient (Wildman–Crippen LogP) is 3.24. The van der Waals surface area contributed by atoms with Crippen LogP contribution < -0.4 is 10.2 Å². The van der Waals surface area contributed by atoms with Crippen LogP contribution in [0.2, 0.25) is 0 Å². The molecule has 5 nitrogen and oxygen atoms in total. The number of nitrogens with zero attached hydrogens (tertiary/aromatic N) is 4. The highest BCUT2D eigenvalue weighted by atomic mass is 32.2. The van der Waals surface area contributed by atoms with Crippen LogP contribution >= 0.6 is 11.9 Å². The number of piperidine rings is 1. The Balaban J connectivity index is 1.79. The van der Waals surface area contributed by atoms with Gasteiger partial charge >= 0.3 is 0 Å². The smallest absolute Gasteiger partial charge is 0.136 e. The Kier molecular flexibility index (Phi) is 5.23. The molecule has 1 aliphatic heterocycles. The highest BCUT2D eigenvalue weighted by molar-refractivity contribution is 7.96. The topological polar surface area (TPSA) is 44.3 Å². The second-order valence-corrected chi connectivity index (χ2v) is 6.85. The second kappa shape index (κ2) is 7.36. The number of rotatable bonds is 5. The first-order valence-electron chi connectivity index (χ1n) is 8.22. The van der Waals surface area contributed by atoms with E-state index in [1.54, 1.807) is 0 Å². The Hall–Kier alpha value is -1.53. The lowest BCUT2D eigenvalue weighted by Crippen LogP contribution is -2.35. The van der Waals surface area contributed by atoms with Gasteiger partial charge in [0.1, 0.15) is 11.6 Å². The molecule has 1 saturated heterocycles. The summed E-state index contributed by atoms with van der Waals surface area (Å²) in [5.74, 6) is 1.98. The zero-order valence-corrected chi connectivity index (χ0v) is 14.9. The van der Waals surface area contributed by atoms with E-state index in [0.29, 0.717) is 6.04 Å². The van der Waals surface area contributed by atoms with Crippen LogP contribution in [-0.2, 0) is 0 Å². The van der Waals surface area contributed by atoms with Crippen molar-refractivity contribution in [1.29, 1.82) is 0 Å². The Morgan fingerprint density at radius 3 is 2.83 bits per heavy atom. The number of hydrogen-bond acceptors (Lipinski definition) is 6. The molecule has 0 spiro atoms. The summed E-state index contributed by atoms with van der Waals surface area (Å²) in [7, 11) is 2.08. The molecule has 6 heteroatoms. The third kappa shape index (κ3) is 3.70. The molecule has 23 heavy (non-hydrogen) atoms. The van der Waals surface area contributed by atoms with E-state index in [1.807, 2.05) is 30.4 Å². The van der Waals surface area contributed by atoms with Crippen molar-refractivity contribution in [2.45, 2.75) is 25.8 Å². The van der Waals surface area contributed by atoms with Crippen molar-refractivity contribution in [3.8, 4) is 0 Å². The van der Waals surface area contributed by atoms with Gasteiger partial charge in [-0.1, -0.05) is 11.9 Å². The van der Waals surface area contributed by atoms with E-state index in [0.717, 1.165) is 54.9 Å². The second-order valence-electron chi connectivity index (χ2n) is 5.97. The van der Waals surface area contributed by atoms with E-state index in [4.69, 9.17) is 0 Å². The van der Waals surface area contributed by atoms with Crippen LogP contribution in [0, 0.1) is 0 Å². The van der Waals surface area contributed by atoms with Crippen molar-refractivity contribution < 1.29 is 0 Å². The standard InChI is InChI=1S/C17H25N5S/c1-4-21(2)17-15-11-16(19-12-13(15)5-8-18-17)20-14-6-9-22(23-3)10-7-14/h5,8,11-12,14H,4,6-7,9-10H2,1-3H3,(H,19,20). The molecule has 1 aliphatic rings. The van der Waals surface area contributed by atoms with Gasteiger partial charge in [0, 0.05) is 55.9 Å². The predicted molar refractivity (Wildman–Crippen MR) is 100 cm³/mol. The number of hydrogen-bond donors (Lipinski definition) is 1. The van der Waals surface area contributed by atoms with Gasteiger partial charge in [-0.25, -0.2) is 9.97 Å². The third-order valence-electron chi connectivity index (χ3n) is 4.53. The fourth-order valence-electron chi connectivity index (χ4n) is 2.97. The van der Waals surface area contributed by atoms with Crippen LogP contribution in [0.15, 0.2) is 24.5 Å². The van der Waals surface area contributed by atoms with Crippen molar-refractivity contribution in [2.24, 2.45) is 0 Å². The van der Waals surface area contributed by atoms with Crippen molar-refractivity contribution in [1.82, 2.24) is 14.3 Å². The van der Waals surface area contributed by atoms with Gasteiger partial charge in [0.2, 0.25) is 0 Å². The van der Waals surface area contributed by atoms with E-state index in [-0.39, 0.29) is 0 Å². The normalized spacial score (nSPS) is 16.7. The van der Waals surface area contributed by atoms with Crippen molar-refractivity contribution in [3.63, 3.8) is 0 Å². The van der Waals surface area contributed by atoms with Gasteiger partial charge in [-0.3, -0.25) is 4.31 Å². The van der Waals surface area contributed by atoms with Gasteiger partial charge in [-0.05, 0) is 38.2 Å². The maximum Gasteiger partial charge on any atom is 0.136 e. The van der Waals surface area contributed by atoms with Crippen LogP contribution in [0.25, 0.3) is 10.8 Å². The molecule has 0 atom stereocenters. The molecular formula is C17H25N5S. The number of aromatic nitrogens is 2. The first-order valence-corrected chi connectivity index (χ1v) is 9.41. The summed E-state index contributed by atoms with van der Waals surface area (Å²) in [4.78, 5) is 11.3. The monoisotopic (exact) mass is 331 g/mol. The molecule has 0 amide bonds. The van der Waals surface area contributed by atoms with Gasteiger partial charge < -0.3 is 10.2 Å². The van der Waals surface area contributed by atoms with Crippen LogP contribution in [0.5, 0.6) is 0 Å². The summed E-state index contributed by atoms with van der Waals surface area (Å²) in [6.45, 7) is 5.35. The Morgan fingerprint density at radius 2 is 2.13 bits per heavy atom. The van der Waals surface area contributed by atoms with E-state index < -0.39 is 0 Å². The zero-order valence-electron chi connectivity index (χ0n) is 14.1. The molecule has 1 N–H and O–H groups in total. The van der Waals surface area contributed by atoms with E-state index in [2.05, 4.69) is 50.8 Å². The molecule has 0 unspecified atom stereocenters. The van der Waals surface area contributed by atoms with Crippen molar-refractivity contribution in [2.75, 3.05) is 43.2 Å². The molecule has 1 fully saturated rings. The van der Waals surface area contributed by atoms with Gasteiger partial charge in [0.05, 0.1) is 0 Å². The average Bonchev–Trinajstić information content (AvgIpc) is 2.61. The minimum Gasteiger partial charge on any atom is -0.367 e. The largest absolute Gasteiger partial charge is 0.367 e. The molecule has 2 aromatic heterocycles. The molecular weight excluding hydrogens is 306 g/mol. The van der Waals surface area contributed by atoms with E-state index >= 15 is 0 Å². The maximum atomic E-state index is 4.59. The number of fused-ring (bicyclic) bond motifs is 1. The molecule has 124 valence electrons. The molecule has 0 radical (unpaired) electrons. The molecule has 0 bridgehead atoms. The summed E-state index contributed by atoms with van der Waals surface area (Å²) in [6, 6.07) is 4.67. The number of nitrogens with one attached hydrogen (secondary N) is 1. The molecule has 3 rings (SSSR count). The van der Waals surface area contributed by atoms with Crippen molar-refractivity contribution >= 4 is 34.4 Å². The fourth-order valence-corrected chi connectivity index (χ4v) is 3.55. The van der Waals surface area contributed by atoms with Crippen molar-refractivity contribution in [3.05, 3.63) is 24.5 Å².